The Hall–Kier alpha value is -2.12. The second-order valence-electron chi connectivity index (χ2n) is 4.49. The molecule has 22 heavy (non-hydrogen) atoms. The fraction of sp³-hybridized carbons (Fsp3) is 0.200. The van der Waals surface area contributed by atoms with E-state index in [1.165, 1.54) is 4.90 Å². The molecule has 0 aliphatic rings. The number of aliphatic hydroxyl groups is 1. The number of aliphatic hydroxyl groups excluding tert-OH is 1. The third-order valence-corrected chi connectivity index (χ3v) is 3.47. The van der Waals surface area contributed by atoms with Crippen molar-refractivity contribution in [1.29, 1.82) is 0 Å². The van der Waals surface area contributed by atoms with Gasteiger partial charge in [0.1, 0.15) is 5.75 Å². The molecule has 0 atom stereocenters. The van der Waals surface area contributed by atoms with Gasteiger partial charge in [0.2, 0.25) is 5.88 Å². The third kappa shape index (κ3) is 4.44. The van der Waals surface area contributed by atoms with Crippen LogP contribution >= 0.6 is 15.9 Å². The largest absolute Gasteiger partial charge is 0.438 e. The first kappa shape index (κ1) is 16.3. The van der Waals surface area contributed by atoms with Gasteiger partial charge >= 0.3 is 6.03 Å². The van der Waals surface area contributed by atoms with Crippen LogP contribution in [-0.4, -0.2) is 41.2 Å². The number of anilines is 1. The summed E-state index contributed by atoms with van der Waals surface area (Å²) < 4.78 is 6.49. The molecule has 0 saturated carbocycles. The highest BCUT2D eigenvalue weighted by molar-refractivity contribution is 9.10. The minimum Gasteiger partial charge on any atom is -0.438 e. The first-order valence-corrected chi connectivity index (χ1v) is 7.41. The number of amides is 2. The number of rotatable bonds is 5. The van der Waals surface area contributed by atoms with E-state index in [-0.39, 0.29) is 19.2 Å². The zero-order valence-electron chi connectivity index (χ0n) is 12.0. The minimum atomic E-state index is -0.313. The molecule has 116 valence electrons. The Morgan fingerprint density at radius 1 is 1.41 bits per heavy atom. The molecule has 2 amide bonds. The summed E-state index contributed by atoms with van der Waals surface area (Å²) >= 11 is 3.40. The summed E-state index contributed by atoms with van der Waals surface area (Å²) in [5, 5.41) is 11.5. The van der Waals surface area contributed by atoms with Gasteiger partial charge in [0.05, 0.1) is 11.1 Å². The third-order valence-electron chi connectivity index (χ3n) is 2.82. The van der Waals surface area contributed by atoms with E-state index in [4.69, 9.17) is 9.84 Å². The Bertz CT molecular complexity index is 651. The van der Waals surface area contributed by atoms with Gasteiger partial charge in [-0.2, -0.15) is 0 Å². The lowest BCUT2D eigenvalue weighted by molar-refractivity contribution is 0.202. The summed E-state index contributed by atoms with van der Waals surface area (Å²) in [4.78, 5) is 17.4. The number of para-hydroxylation sites is 1. The number of nitrogens with one attached hydrogen (secondary N) is 1. The Morgan fingerprint density at radius 2 is 2.18 bits per heavy atom. The monoisotopic (exact) mass is 365 g/mol. The lowest BCUT2D eigenvalue weighted by atomic mass is 10.3. The Kier molecular flexibility index (Phi) is 5.74. The van der Waals surface area contributed by atoms with Crippen LogP contribution < -0.4 is 10.1 Å². The first-order valence-electron chi connectivity index (χ1n) is 6.61. The van der Waals surface area contributed by atoms with Crippen molar-refractivity contribution in [2.75, 3.05) is 25.5 Å². The van der Waals surface area contributed by atoms with Crippen LogP contribution in [0.2, 0.25) is 0 Å². The van der Waals surface area contributed by atoms with E-state index in [9.17, 15) is 4.79 Å². The topological polar surface area (TPSA) is 74.7 Å². The summed E-state index contributed by atoms with van der Waals surface area (Å²) in [6.45, 7) is 0.175. The number of benzene rings is 1. The molecule has 0 aliphatic carbocycles. The van der Waals surface area contributed by atoms with E-state index in [0.717, 1.165) is 4.47 Å². The average molecular weight is 366 g/mol. The lowest BCUT2D eigenvalue weighted by Crippen LogP contribution is -2.33. The smallest absolute Gasteiger partial charge is 0.321 e. The van der Waals surface area contributed by atoms with Gasteiger partial charge < -0.3 is 20.1 Å². The van der Waals surface area contributed by atoms with Crippen molar-refractivity contribution >= 4 is 27.6 Å². The molecule has 0 aliphatic heterocycles. The standard InChI is InChI=1S/C15H16BrN3O3/c1-19(8-9-20)15(21)18-11-6-7-17-14(10-11)22-13-5-3-2-4-12(13)16/h2-7,10,20H,8-9H2,1H3,(H,17,18,21). The second-order valence-corrected chi connectivity index (χ2v) is 5.34. The van der Waals surface area contributed by atoms with E-state index in [0.29, 0.717) is 17.3 Å². The van der Waals surface area contributed by atoms with Crippen LogP contribution in [0.5, 0.6) is 11.6 Å². The molecule has 7 heteroatoms. The van der Waals surface area contributed by atoms with Gasteiger partial charge in [-0.25, -0.2) is 9.78 Å². The molecule has 0 spiro atoms. The molecule has 0 fully saturated rings. The molecular weight excluding hydrogens is 350 g/mol. The van der Waals surface area contributed by atoms with E-state index in [1.54, 1.807) is 25.4 Å². The number of ether oxygens (including phenoxy) is 1. The van der Waals surface area contributed by atoms with Gasteiger partial charge in [-0.3, -0.25) is 0 Å². The average Bonchev–Trinajstić information content (AvgIpc) is 2.50. The molecule has 1 aromatic heterocycles. The van der Waals surface area contributed by atoms with Crippen LogP contribution in [0.15, 0.2) is 47.1 Å². The zero-order chi connectivity index (χ0) is 15.9. The molecule has 0 unspecified atom stereocenters. The fourth-order valence-electron chi connectivity index (χ4n) is 1.65. The van der Waals surface area contributed by atoms with Crippen LogP contribution in [0.3, 0.4) is 0 Å². The van der Waals surface area contributed by atoms with Crippen molar-refractivity contribution in [3.63, 3.8) is 0 Å². The van der Waals surface area contributed by atoms with Gasteiger partial charge in [0.25, 0.3) is 0 Å². The Labute approximate surface area is 136 Å². The number of hydrogen-bond donors (Lipinski definition) is 2. The summed E-state index contributed by atoms with van der Waals surface area (Å²) in [5.41, 5.74) is 0.562. The Morgan fingerprint density at radius 3 is 2.91 bits per heavy atom. The number of halogens is 1. The predicted molar refractivity (Wildman–Crippen MR) is 87.2 cm³/mol. The number of carbonyl (C=O) groups is 1. The molecule has 1 aromatic carbocycles. The van der Waals surface area contributed by atoms with Gasteiger partial charge in [-0.1, -0.05) is 12.1 Å². The highest BCUT2D eigenvalue weighted by Gasteiger charge is 2.09. The maximum atomic E-state index is 11.9. The van der Waals surface area contributed by atoms with Crippen LogP contribution in [0.1, 0.15) is 0 Å². The second kappa shape index (κ2) is 7.77. The quantitative estimate of drug-likeness (QED) is 0.853. The van der Waals surface area contributed by atoms with Gasteiger partial charge in [-0.05, 0) is 34.1 Å². The summed E-state index contributed by atoms with van der Waals surface area (Å²) in [7, 11) is 1.60. The van der Waals surface area contributed by atoms with Crippen molar-refractivity contribution in [2.45, 2.75) is 0 Å². The van der Waals surface area contributed by atoms with E-state index in [2.05, 4.69) is 26.2 Å². The molecule has 6 nitrogen and oxygen atoms in total. The molecule has 0 bridgehead atoms. The van der Waals surface area contributed by atoms with Crippen molar-refractivity contribution in [2.24, 2.45) is 0 Å². The van der Waals surface area contributed by atoms with Crippen LogP contribution in [0.25, 0.3) is 0 Å². The van der Waals surface area contributed by atoms with Crippen molar-refractivity contribution < 1.29 is 14.6 Å². The van der Waals surface area contributed by atoms with Crippen molar-refractivity contribution in [1.82, 2.24) is 9.88 Å². The van der Waals surface area contributed by atoms with Crippen LogP contribution in [-0.2, 0) is 0 Å². The van der Waals surface area contributed by atoms with Crippen LogP contribution in [0.4, 0.5) is 10.5 Å². The number of urea groups is 1. The predicted octanol–water partition coefficient (Wildman–Crippen LogP) is 3.09. The van der Waals surface area contributed by atoms with E-state index in [1.807, 2.05) is 24.3 Å². The molecule has 2 rings (SSSR count). The highest BCUT2D eigenvalue weighted by atomic mass is 79.9. The number of hydrogen-bond acceptors (Lipinski definition) is 4. The first-order chi connectivity index (χ1) is 10.6. The summed E-state index contributed by atoms with van der Waals surface area (Å²) in [6.07, 6.45) is 1.55. The van der Waals surface area contributed by atoms with Crippen LogP contribution in [0, 0.1) is 0 Å². The van der Waals surface area contributed by atoms with Gasteiger partial charge in [0, 0.05) is 31.5 Å². The van der Waals surface area contributed by atoms with Crippen molar-refractivity contribution in [3.8, 4) is 11.6 Å². The zero-order valence-corrected chi connectivity index (χ0v) is 13.6. The minimum absolute atomic E-state index is 0.0866. The fourth-order valence-corrected chi connectivity index (χ4v) is 2.02. The van der Waals surface area contributed by atoms with Crippen molar-refractivity contribution in [3.05, 3.63) is 47.1 Å². The Balaban J connectivity index is 2.07. The number of pyridine rings is 1. The van der Waals surface area contributed by atoms with E-state index >= 15 is 0 Å². The lowest BCUT2D eigenvalue weighted by Gasteiger charge is -2.16. The normalized spacial score (nSPS) is 10.1. The number of nitrogens with zero attached hydrogens (tertiary/aromatic N) is 2. The summed E-state index contributed by atoms with van der Waals surface area (Å²) in [5.74, 6) is 1.00. The highest BCUT2D eigenvalue weighted by Crippen LogP contribution is 2.29. The molecule has 2 aromatic rings. The SMILES string of the molecule is CN(CCO)C(=O)Nc1ccnc(Oc2ccccc2Br)c1. The molecule has 0 radical (unpaired) electrons. The molecule has 0 saturated heterocycles. The number of likely N-dealkylation sites (N-methyl/N-ethyl adjacent to an activating group) is 1. The number of aromatic nitrogens is 1. The number of carbonyl (C=O) groups excluding carboxylic acids is 1. The summed E-state index contributed by atoms with van der Waals surface area (Å²) in [6, 6.07) is 10.4. The molecular formula is C15H16BrN3O3. The molecule has 1 heterocycles. The van der Waals surface area contributed by atoms with Gasteiger partial charge in [-0.15, -0.1) is 0 Å². The molecule has 2 N–H and O–H groups in total. The van der Waals surface area contributed by atoms with Gasteiger partial charge in [0.15, 0.2) is 0 Å². The maximum Gasteiger partial charge on any atom is 0.321 e. The van der Waals surface area contributed by atoms with E-state index < -0.39 is 0 Å². The maximum absolute atomic E-state index is 11.9.